The summed E-state index contributed by atoms with van der Waals surface area (Å²) in [6, 6.07) is 6.49. The van der Waals surface area contributed by atoms with Gasteiger partial charge in [0.15, 0.2) is 0 Å². The van der Waals surface area contributed by atoms with Crippen LogP contribution in [0.4, 0.5) is 5.82 Å². The average molecular weight is 286 g/mol. The highest BCUT2D eigenvalue weighted by atomic mass is 32.1. The normalized spacial score (nSPS) is 14.2. The third kappa shape index (κ3) is 2.67. The zero-order valence-corrected chi connectivity index (χ0v) is 12.3. The molecule has 3 rings (SSSR count). The van der Waals surface area contributed by atoms with E-state index in [0.717, 1.165) is 23.6 Å². The second-order valence-corrected chi connectivity index (χ2v) is 6.01. The number of hydrogen-bond donors (Lipinski definition) is 2. The van der Waals surface area contributed by atoms with Gasteiger partial charge in [-0.2, -0.15) is 11.3 Å². The Bertz CT molecular complexity index is 617. The molecular weight excluding hydrogens is 268 g/mol. The van der Waals surface area contributed by atoms with Gasteiger partial charge in [-0.25, -0.2) is 4.98 Å². The number of nitrogens with one attached hydrogen (secondary N) is 1. The number of rotatable bonds is 5. The first-order valence-corrected chi connectivity index (χ1v) is 7.69. The number of aromatic nitrogens is 1. The highest BCUT2D eigenvalue weighted by molar-refractivity contribution is 7.07. The van der Waals surface area contributed by atoms with Gasteiger partial charge in [0.1, 0.15) is 11.7 Å². The Morgan fingerprint density at radius 1 is 1.45 bits per heavy atom. The molecule has 0 unspecified atom stereocenters. The monoisotopic (exact) mass is 286 g/mol. The summed E-state index contributed by atoms with van der Waals surface area (Å²) in [5.41, 5.74) is 8.70. The Morgan fingerprint density at radius 3 is 2.85 bits per heavy atom. The minimum Gasteiger partial charge on any atom is -0.384 e. The van der Waals surface area contributed by atoms with E-state index in [2.05, 4.69) is 26.7 Å². The standard InChI is InChI=1S/C15H18N4S/c1-10-2-5-13(14(16)17)15(18-10)19(12-3-4-12)8-11-6-7-20-9-11/h2,5-7,9,12H,3-4,8H2,1H3,(H3,16,17). The van der Waals surface area contributed by atoms with E-state index in [0.29, 0.717) is 6.04 Å². The van der Waals surface area contributed by atoms with Gasteiger partial charge in [-0.3, -0.25) is 5.41 Å². The molecule has 1 aliphatic rings. The molecule has 2 heterocycles. The lowest BCUT2D eigenvalue weighted by Crippen LogP contribution is -2.29. The number of nitrogens with zero attached hydrogens (tertiary/aromatic N) is 2. The third-order valence-corrected chi connectivity index (χ3v) is 4.23. The van der Waals surface area contributed by atoms with Crippen LogP contribution in [0.15, 0.2) is 29.0 Å². The maximum atomic E-state index is 7.76. The van der Waals surface area contributed by atoms with Crippen molar-refractivity contribution >= 4 is 23.0 Å². The number of thiophene rings is 1. The molecule has 1 aliphatic carbocycles. The summed E-state index contributed by atoms with van der Waals surface area (Å²) in [6.07, 6.45) is 2.38. The SMILES string of the molecule is Cc1ccc(C(=N)N)c(N(Cc2ccsc2)C2CC2)n1. The van der Waals surface area contributed by atoms with Crippen LogP contribution in [0.5, 0.6) is 0 Å². The lowest BCUT2D eigenvalue weighted by Gasteiger charge is -2.25. The van der Waals surface area contributed by atoms with Gasteiger partial charge in [0.05, 0.1) is 5.56 Å². The van der Waals surface area contributed by atoms with Crippen molar-refractivity contribution in [2.75, 3.05) is 4.90 Å². The Labute approximate surface area is 122 Å². The van der Waals surface area contributed by atoms with Crippen molar-refractivity contribution in [1.29, 1.82) is 5.41 Å². The van der Waals surface area contributed by atoms with Crippen molar-refractivity contribution in [2.45, 2.75) is 32.4 Å². The van der Waals surface area contributed by atoms with Crippen LogP contribution in [-0.4, -0.2) is 16.9 Å². The van der Waals surface area contributed by atoms with E-state index in [1.165, 1.54) is 18.4 Å². The van der Waals surface area contributed by atoms with E-state index in [1.54, 1.807) is 11.3 Å². The second kappa shape index (κ2) is 5.25. The maximum absolute atomic E-state index is 7.76. The Morgan fingerprint density at radius 2 is 2.25 bits per heavy atom. The summed E-state index contributed by atoms with van der Waals surface area (Å²) in [7, 11) is 0. The number of pyridine rings is 1. The summed E-state index contributed by atoms with van der Waals surface area (Å²) in [4.78, 5) is 6.94. The van der Waals surface area contributed by atoms with Gasteiger partial charge in [-0.15, -0.1) is 0 Å². The molecule has 0 aliphatic heterocycles. The highest BCUT2D eigenvalue weighted by Crippen LogP contribution is 2.34. The summed E-state index contributed by atoms with van der Waals surface area (Å²) in [5.74, 6) is 0.940. The molecule has 20 heavy (non-hydrogen) atoms. The van der Waals surface area contributed by atoms with Crippen LogP contribution in [0.1, 0.15) is 29.7 Å². The van der Waals surface area contributed by atoms with Crippen molar-refractivity contribution in [3.05, 3.63) is 45.8 Å². The smallest absolute Gasteiger partial charge is 0.140 e. The van der Waals surface area contributed by atoms with Crippen molar-refractivity contribution in [3.8, 4) is 0 Å². The number of nitrogen functional groups attached to an aromatic ring is 1. The number of hydrogen-bond acceptors (Lipinski definition) is 4. The maximum Gasteiger partial charge on any atom is 0.140 e. The van der Waals surface area contributed by atoms with E-state index in [4.69, 9.17) is 11.1 Å². The highest BCUT2D eigenvalue weighted by Gasteiger charge is 2.31. The number of amidine groups is 1. The molecule has 5 heteroatoms. The molecule has 2 aromatic heterocycles. The van der Waals surface area contributed by atoms with Crippen molar-refractivity contribution in [1.82, 2.24) is 4.98 Å². The molecule has 2 aromatic rings. The number of aryl methyl sites for hydroxylation is 1. The van der Waals surface area contributed by atoms with Crippen LogP contribution in [0.3, 0.4) is 0 Å². The van der Waals surface area contributed by atoms with Crippen LogP contribution >= 0.6 is 11.3 Å². The first-order chi connectivity index (χ1) is 9.65. The van der Waals surface area contributed by atoms with Gasteiger partial charge in [-0.05, 0) is 54.3 Å². The largest absolute Gasteiger partial charge is 0.384 e. The van der Waals surface area contributed by atoms with Crippen molar-refractivity contribution in [3.63, 3.8) is 0 Å². The Hall–Kier alpha value is -1.88. The minimum absolute atomic E-state index is 0.0865. The van der Waals surface area contributed by atoms with Gasteiger partial charge in [-0.1, -0.05) is 0 Å². The number of nitrogens with two attached hydrogens (primary N) is 1. The van der Waals surface area contributed by atoms with Crippen molar-refractivity contribution < 1.29 is 0 Å². The zero-order chi connectivity index (χ0) is 14.1. The fourth-order valence-electron chi connectivity index (χ4n) is 2.31. The third-order valence-electron chi connectivity index (χ3n) is 3.50. The number of anilines is 1. The zero-order valence-electron chi connectivity index (χ0n) is 11.5. The van der Waals surface area contributed by atoms with Crippen LogP contribution < -0.4 is 10.6 Å². The molecule has 3 N–H and O–H groups in total. The molecule has 0 amide bonds. The topological polar surface area (TPSA) is 66.0 Å². The van der Waals surface area contributed by atoms with Gasteiger partial charge < -0.3 is 10.6 Å². The summed E-state index contributed by atoms with van der Waals surface area (Å²) in [6.45, 7) is 2.81. The predicted molar refractivity (Wildman–Crippen MR) is 83.5 cm³/mol. The minimum atomic E-state index is 0.0865. The van der Waals surface area contributed by atoms with Crippen LogP contribution in [-0.2, 0) is 6.54 Å². The lowest BCUT2D eigenvalue weighted by atomic mass is 10.2. The molecule has 0 spiro atoms. The van der Waals surface area contributed by atoms with Gasteiger partial charge in [0, 0.05) is 18.3 Å². The molecule has 0 aromatic carbocycles. The average Bonchev–Trinajstić information content (AvgIpc) is 3.12. The van der Waals surface area contributed by atoms with Gasteiger partial charge >= 0.3 is 0 Å². The van der Waals surface area contributed by atoms with Crippen LogP contribution in [0.2, 0.25) is 0 Å². The molecule has 0 radical (unpaired) electrons. The lowest BCUT2D eigenvalue weighted by molar-refractivity contribution is 0.776. The second-order valence-electron chi connectivity index (χ2n) is 5.23. The fraction of sp³-hybridized carbons (Fsp3) is 0.333. The van der Waals surface area contributed by atoms with E-state index >= 15 is 0 Å². The molecule has 4 nitrogen and oxygen atoms in total. The molecule has 0 saturated heterocycles. The first-order valence-electron chi connectivity index (χ1n) is 6.75. The molecule has 0 bridgehead atoms. The summed E-state index contributed by atoms with van der Waals surface area (Å²) < 4.78 is 0. The Balaban J connectivity index is 1.98. The van der Waals surface area contributed by atoms with Gasteiger partial charge in [0.25, 0.3) is 0 Å². The van der Waals surface area contributed by atoms with E-state index in [9.17, 15) is 0 Å². The molecular formula is C15H18N4S. The molecule has 1 fully saturated rings. The summed E-state index contributed by atoms with van der Waals surface area (Å²) >= 11 is 1.71. The molecule has 0 atom stereocenters. The van der Waals surface area contributed by atoms with Crippen LogP contribution in [0.25, 0.3) is 0 Å². The molecule has 1 saturated carbocycles. The predicted octanol–water partition coefficient (Wildman–Crippen LogP) is 2.90. The Kier molecular flexibility index (Phi) is 3.44. The van der Waals surface area contributed by atoms with Gasteiger partial charge in [0.2, 0.25) is 0 Å². The van der Waals surface area contributed by atoms with Crippen LogP contribution in [0, 0.1) is 12.3 Å². The quantitative estimate of drug-likeness (QED) is 0.656. The van der Waals surface area contributed by atoms with E-state index < -0.39 is 0 Å². The first kappa shape index (κ1) is 13.1. The van der Waals surface area contributed by atoms with Crippen molar-refractivity contribution in [2.24, 2.45) is 5.73 Å². The fourth-order valence-corrected chi connectivity index (χ4v) is 2.97. The summed E-state index contributed by atoms with van der Waals surface area (Å²) in [5, 5.41) is 12.0. The van der Waals surface area contributed by atoms with E-state index in [1.807, 2.05) is 19.1 Å². The molecule has 104 valence electrons. The van der Waals surface area contributed by atoms with E-state index in [-0.39, 0.29) is 5.84 Å².